The van der Waals surface area contributed by atoms with E-state index in [1.54, 1.807) is 0 Å². The number of carboxylic acids is 2. The van der Waals surface area contributed by atoms with Crippen molar-refractivity contribution in [1.29, 1.82) is 5.41 Å². The van der Waals surface area contributed by atoms with E-state index in [2.05, 4.69) is 20.9 Å². The molecule has 3 rings (SSSR count). The number of thioether (sulfide) groups is 1. The number of aliphatic imine (C=N–C) groups is 1. The van der Waals surface area contributed by atoms with Gasteiger partial charge in [-0.05, 0) is 6.42 Å². The smallest absolute Gasteiger partial charge is 0.404 e. The maximum atomic E-state index is 12.7. The second-order valence-corrected chi connectivity index (χ2v) is 10.8. The van der Waals surface area contributed by atoms with Gasteiger partial charge in [0.2, 0.25) is 23.6 Å². The van der Waals surface area contributed by atoms with Crippen LogP contribution in [0.4, 0.5) is 4.79 Å². The Bertz CT molecular complexity index is 1170. The molecule has 21 nitrogen and oxygen atoms in total. The summed E-state index contributed by atoms with van der Waals surface area (Å²) in [4.78, 5) is 63.4. The summed E-state index contributed by atoms with van der Waals surface area (Å²) in [6.45, 7) is -1.73. The van der Waals surface area contributed by atoms with Gasteiger partial charge in [-0.2, -0.15) is 0 Å². The SMILES string of the molecule is N=C1N(O)[C@@H](COC(N)=O)[C@@H]2N=C(N)N[C@]23N1C[C@H](SC[C@H](NC(=O)CC[C@H](N)C(=O)O)C(=O)NCC(=O)O)C3(O)O. The van der Waals surface area contributed by atoms with Crippen LogP contribution in [0.15, 0.2) is 4.99 Å². The van der Waals surface area contributed by atoms with Gasteiger partial charge >= 0.3 is 18.0 Å². The minimum Gasteiger partial charge on any atom is -0.480 e. The molecule has 0 unspecified atom stereocenters. The summed E-state index contributed by atoms with van der Waals surface area (Å²) in [6.07, 6.45) is -1.85. The molecule has 3 aliphatic rings. The van der Waals surface area contributed by atoms with Gasteiger partial charge in [-0.3, -0.25) is 29.8 Å². The molecule has 2 fully saturated rings. The van der Waals surface area contributed by atoms with Crippen LogP contribution >= 0.6 is 11.8 Å². The summed E-state index contributed by atoms with van der Waals surface area (Å²) in [5.74, 6) is -8.51. The van der Waals surface area contributed by atoms with Gasteiger partial charge in [-0.15, -0.1) is 11.8 Å². The third-order valence-corrected chi connectivity index (χ3v) is 8.29. The van der Waals surface area contributed by atoms with Crippen LogP contribution in [0.5, 0.6) is 0 Å². The van der Waals surface area contributed by atoms with Gasteiger partial charge in [0, 0.05) is 18.7 Å². The number of hydrogen-bond acceptors (Lipinski definition) is 15. The zero-order valence-electron chi connectivity index (χ0n) is 21.8. The number of carbonyl (C=O) groups is 5. The molecule has 0 aromatic heterocycles. The van der Waals surface area contributed by atoms with E-state index in [0.717, 1.165) is 16.7 Å². The number of nitrogens with one attached hydrogen (secondary N) is 4. The molecule has 0 saturated carbocycles. The molecule has 234 valence electrons. The lowest BCUT2D eigenvalue weighted by Crippen LogP contribution is -2.80. The lowest BCUT2D eigenvalue weighted by Gasteiger charge is -2.53. The number of hydrogen-bond donors (Lipinski definition) is 12. The van der Waals surface area contributed by atoms with E-state index in [0.29, 0.717) is 5.06 Å². The van der Waals surface area contributed by atoms with E-state index in [4.69, 9.17) is 37.6 Å². The topological polar surface area (TPSA) is 353 Å². The molecule has 3 heterocycles. The highest BCUT2D eigenvalue weighted by molar-refractivity contribution is 8.00. The van der Waals surface area contributed by atoms with E-state index in [1.165, 1.54) is 0 Å². The van der Waals surface area contributed by atoms with Crippen LogP contribution in [0.25, 0.3) is 0 Å². The molecule has 42 heavy (non-hydrogen) atoms. The maximum Gasteiger partial charge on any atom is 0.404 e. The second kappa shape index (κ2) is 12.4. The predicted octanol–water partition coefficient (Wildman–Crippen LogP) is -5.95. The molecule has 0 aliphatic carbocycles. The molecule has 0 aromatic rings. The van der Waals surface area contributed by atoms with Crippen LogP contribution in [0, 0.1) is 5.41 Å². The van der Waals surface area contributed by atoms with E-state index >= 15 is 0 Å². The second-order valence-electron chi connectivity index (χ2n) is 9.59. The highest BCUT2D eigenvalue weighted by Crippen LogP contribution is 2.49. The lowest BCUT2D eigenvalue weighted by atomic mass is 9.85. The van der Waals surface area contributed by atoms with Gasteiger partial charge in [0.25, 0.3) is 0 Å². The largest absolute Gasteiger partial charge is 0.480 e. The Morgan fingerprint density at radius 2 is 1.93 bits per heavy atom. The Hall–Kier alpha value is -4.12. The van der Waals surface area contributed by atoms with Crippen LogP contribution in [0.2, 0.25) is 0 Å². The Labute approximate surface area is 240 Å². The quantitative estimate of drug-likeness (QED) is 0.0852. The number of guanidine groups is 2. The number of nitrogens with zero attached hydrogens (tertiary/aromatic N) is 3. The minimum atomic E-state index is -2.80. The number of aliphatic hydroxyl groups is 2. The van der Waals surface area contributed by atoms with Crippen molar-refractivity contribution in [3.8, 4) is 0 Å². The maximum absolute atomic E-state index is 12.7. The van der Waals surface area contributed by atoms with Gasteiger partial charge in [-0.1, -0.05) is 0 Å². The molecule has 0 bridgehead atoms. The Morgan fingerprint density at radius 3 is 2.52 bits per heavy atom. The highest BCUT2D eigenvalue weighted by atomic mass is 32.2. The number of nitrogens with two attached hydrogens (primary N) is 3. The van der Waals surface area contributed by atoms with Crippen molar-refractivity contribution < 1.29 is 54.3 Å². The van der Waals surface area contributed by atoms with Crippen LogP contribution in [0.1, 0.15) is 12.8 Å². The standard InChI is InChI=1S/C20H32N10O11S/c21-7(15(35)36)1-2-11(31)26-8(14(34)25-3-12(32)33)6-42-10-4-29-17(23)30(40)9(5-41-18(24)37)13-19(29,20(10,38)39)28-16(22)27-13/h7-10,13,23,38-40H,1-6,21H2,(H2,24,37)(H,25,34)(H,26,31)(H,32,33)(H,35,36)(H3,22,27,28)/t7-,8-,9-,10-,13-,19-/m0/s1. The molecule has 0 radical (unpaired) electrons. The van der Waals surface area contributed by atoms with E-state index in [1.807, 2.05) is 0 Å². The molecule has 2 saturated heterocycles. The van der Waals surface area contributed by atoms with Crippen molar-refractivity contribution >= 4 is 53.5 Å². The van der Waals surface area contributed by atoms with E-state index < -0.39 is 89.8 Å². The number of ether oxygens (including phenoxy) is 1. The first-order valence-electron chi connectivity index (χ1n) is 12.2. The van der Waals surface area contributed by atoms with Crippen molar-refractivity contribution in [1.82, 2.24) is 25.9 Å². The van der Waals surface area contributed by atoms with Crippen molar-refractivity contribution in [3.63, 3.8) is 0 Å². The number of hydroxylamine groups is 2. The first-order chi connectivity index (χ1) is 19.5. The van der Waals surface area contributed by atoms with Crippen LogP contribution < -0.4 is 33.2 Å². The van der Waals surface area contributed by atoms with Gasteiger partial charge < -0.3 is 63.2 Å². The number of rotatable bonds is 13. The summed E-state index contributed by atoms with van der Waals surface area (Å²) in [7, 11) is 0. The molecular formula is C20H32N10O11S. The molecule has 1 spiro atoms. The summed E-state index contributed by atoms with van der Waals surface area (Å²) >= 11 is 0.749. The minimum absolute atomic E-state index is 0.261. The normalized spacial score (nSPS) is 27.1. The highest BCUT2D eigenvalue weighted by Gasteiger charge is 2.75. The molecule has 22 heteroatoms. The molecule has 6 atom stereocenters. The van der Waals surface area contributed by atoms with Gasteiger partial charge in [-0.25, -0.2) is 14.9 Å². The van der Waals surface area contributed by atoms with Crippen molar-refractivity contribution in [3.05, 3.63) is 0 Å². The zero-order chi connectivity index (χ0) is 31.6. The summed E-state index contributed by atoms with van der Waals surface area (Å²) in [6, 6.07) is -5.43. The third kappa shape index (κ3) is 6.20. The fraction of sp³-hybridized carbons (Fsp3) is 0.650. The molecule has 3 amide bonds. The lowest BCUT2D eigenvalue weighted by molar-refractivity contribution is -0.239. The zero-order valence-corrected chi connectivity index (χ0v) is 22.6. The van der Waals surface area contributed by atoms with Crippen LogP contribution in [-0.2, 0) is 23.9 Å². The number of aliphatic carboxylic acids is 2. The molecule has 3 aliphatic heterocycles. The first-order valence-corrected chi connectivity index (χ1v) is 13.3. The Kier molecular flexibility index (Phi) is 9.56. The van der Waals surface area contributed by atoms with Crippen LogP contribution in [-0.4, -0.2) is 144 Å². The number of carbonyl (C=O) groups excluding carboxylic acids is 3. The Morgan fingerprint density at radius 1 is 1.26 bits per heavy atom. The monoisotopic (exact) mass is 620 g/mol. The average molecular weight is 621 g/mol. The van der Waals surface area contributed by atoms with Crippen molar-refractivity contribution in [2.24, 2.45) is 22.2 Å². The summed E-state index contributed by atoms with van der Waals surface area (Å²) in [5.41, 5.74) is 14.2. The Balaban J connectivity index is 1.82. The van der Waals surface area contributed by atoms with Crippen molar-refractivity contribution in [2.75, 3.05) is 25.4 Å². The van der Waals surface area contributed by atoms with E-state index in [-0.39, 0.29) is 31.1 Å². The van der Waals surface area contributed by atoms with Crippen molar-refractivity contribution in [2.45, 2.75) is 53.7 Å². The number of carboxylic acid groups (broad SMARTS) is 2. The summed E-state index contributed by atoms with van der Waals surface area (Å²) < 4.78 is 4.76. The summed E-state index contributed by atoms with van der Waals surface area (Å²) in [5, 5.41) is 66.1. The van der Waals surface area contributed by atoms with Crippen LogP contribution in [0.3, 0.4) is 0 Å². The number of amides is 3. The number of primary amides is 1. The first kappa shape index (κ1) is 32.4. The van der Waals surface area contributed by atoms with Gasteiger partial charge in [0.1, 0.15) is 37.3 Å². The molecule has 0 aromatic carbocycles. The fourth-order valence-electron chi connectivity index (χ4n) is 4.85. The van der Waals surface area contributed by atoms with Gasteiger partial charge in [0.05, 0.1) is 5.25 Å². The third-order valence-electron chi connectivity index (χ3n) is 6.89. The molecular weight excluding hydrogens is 588 g/mol. The predicted molar refractivity (Wildman–Crippen MR) is 139 cm³/mol. The van der Waals surface area contributed by atoms with Gasteiger partial charge in [0.15, 0.2) is 11.6 Å². The fourth-order valence-corrected chi connectivity index (χ4v) is 6.18. The average Bonchev–Trinajstić information content (AvgIpc) is 3.36. The van der Waals surface area contributed by atoms with E-state index in [9.17, 15) is 39.4 Å². The molecule has 15 N–H and O–H groups in total.